The van der Waals surface area contributed by atoms with Gasteiger partial charge in [0, 0.05) is 32.1 Å². The van der Waals surface area contributed by atoms with Crippen LogP contribution in [0.25, 0.3) is 0 Å². The van der Waals surface area contributed by atoms with Gasteiger partial charge in [0.15, 0.2) is 0 Å². The molecule has 6 heteroatoms. The van der Waals surface area contributed by atoms with E-state index in [-0.39, 0.29) is 24.2 Å². The Balaban J connectivity index is 1.75. The van der Waals surface area contributed by atoms with Gasteiger partial charge in [-0.3, -0.25) is 9.59 Å². The summed E-state index contributed by atoms with van der Waals surface area (Å²) in [5, 5.41) is 0. The Bertz CT molecular complexity index is 670. The molecule has 1 saturated heterocycles. The van der Waals surface area contributed by atoms with E-state index in [9.17, 15) is 9.59 Å². The fraction of sp³-hybridized carbons (Fsp3) is 0.600. The summed E-state index contributed by atoms with van der Waals surface area (Å²) < 4.78 is 10.7. The van der Waals surface area contributed by atoms with E-state index in [1.807, 2.05) is 11.9 Å². The van der Waals surface area contributed by atoms with Gasteiger partial charge in [-0.25, -0.2) is 0 Å². The molecule has 2 amide bonds. The molecule has 1 heterocycles. The van der Waals surface area contributed by atoms with Crippen molar-refractivity contribution in [2.24, 2.45) is 5.92 Å². The van der Waals surface area contributed by atoms with E-state index in [1.54, 1.807) is 37.3 Å². The molecule has 6 nitrogen and oxygen atoms in total. The van der Waals surface area contributed by atoms with Crippen LogP contribution in [-0.4, -0.2) is 50.6 Å². The summed E-state index contributed by atoms with van der Waals surface area (Å²) in [4.78, 5) is 29.1. The zero-order valence-corrected chi connectivity index (χ0v) is 15.9. The molecule has 1 aromatic rings. The first kappa shape index (κ1) is 18.5. The normalized spacial score (nSPS) is 21.0. The number of hydrogen-bond acceptors (Lipinski definition) is 4. The van der Waals surface area contributed by atoms with Crippen molar-refractivity contribution in [3.63, 3.8) is 0 Å². The maximum absolute atomic E-state index is 12.9. The third-order valence-corrected chi connectivity index (χ3v) is 5.62. The van der Waals surface area contributed by atoms with E-state index in [0.29, 0.717) is 29.8 Å². The van der Waals surface area contributed by atoms with Crippen LogP contribution in [0, 0.1) is 5.92 Å². The minimum Gasteiger partial charge on any atom is -0.497 e. The number of methoxy groups -OCH3 is 2. The molecule has 142 valence electrons. The highest BCUT2D eigenvalue weighted by Gasteiger charge is 2.39. The number of amides is 2. The molecule has 1 aliphatic carbocycles. The second kappa shape index (κ2) is 7.98. The zero-order valence-electron chi connectivity index (χ0n) is 15.9. The van der Waals surface area contributed by atoms with Gasteiger partial charge in [0.2, 0.25) is 11.8 Å². The number of rotatable bonds is 5. The number of hydrogen-bond donors (Lipinski definition) is 0. The van der Waals surface area contributed by atoms with Crippen molar-refractivity contribution < 1.29 is 19.1 Å². The van der Waals surface area contributed by atoms with Gasteiger partial charge in [0.1, 0.15) is 11.5 Å². The van der Waals surface area contributed by atoms with E-state index in [0.717, 1.165) is 12.8 Å². The third kappa shape index (κ3) is 3.64. The molecule has 1 saturated carbocycles. The van der Waals surface area contributed by atoms with Gasteiger partial charge in [0.05, 0.1) is 25.8 Å². The molecule has 3 rings (SSSR count). The first-order chi connectivity index (χ1) is 12.5. The molecule has 1 unspecified atom stereocenters. The largest absolute Gasteiger partial charge is 0.497 e. The molecule has 26 heavy (non-hydrogen) atoms. The number of carbonyl (C=O) groups excluding carboxylic acids is 2. The van der Waals surface area contributed by atoms with Crippen LogP contribution in [-0.2, 0) is 9.59 Å². The average Bonchev–Trinajstić information content (AvgIpc) is 3.08. The van der Waals surface area contributed by atoms with Gasteiger partial charge in [-0.15, -0.1) is 0 Å². The van der Waals surface area contributed by atoms with Gasteiger partial charge in [0.25, 0.3) is 0 Å². The second-order valence-electron chi connectivity index (χ2n) is 7.18. The Kier molecular flexibility index (Phi) is 5.69. The monoisotopic (exact) mass is 360 g/mol. The highest BCUT2D eigenvalue weighted by Crippen LogP contribution is 2.36. The zero-order chi connectivity index (χ0) is 18.7. The Morgan fingerprint density at radius 3 is 2.54 bits per heavy atom. The number of ether oxygens (including phenoxy) is 2. The van der Waals surface area contributed by atoms with Crippen LogP contribution in [0.15, 0.2) is 18.2 Å². The Labute approximate surface area is 155 Å². The average molecular weight is 360 g/mol. The number of benzene rings is 1. The van der Waals surface area contributed by atoms with Gasteiger partial charge in [-0.05, 0) is 25.0 Å². The lowest BCUT2D eigenvalue weighted by Gasteiger charge is -2.32. The standard InChI is InChI=1S/C20H28N2O4/c1-21(15-7-5-4-6-8-15)20(24)14-11-19(23)22(13-14)17-12-16(25-2)9-10-18(17)26-3/h9-10,12,14-15H,4-8,11,13H2,1-3H3. The molecular weight excluding hydrogens is 332 g/mol. The summed E-state index contributed by atoms with van der Waals surface area (Å²) >= 11 is 0. The van der Waals surface area contributed by atoms with Crippen molar-refractivity contribution in [3.05, 3.63) is 18.2 Å². The second-order valence-corrected chi connectivity index (χ2v) is 7.18. The number of nitrogens with zero attached hydrogens (tertiary/aromatic N) is 2. The van der Waals surface area contributed by atoms with Crippen LogP contribution in [0.1, 0.15) is 38.5 Å². The van der Waals surface area contributed by atoms with Gasteiger partial charge in [-0.1, -0.05) is 19.3 Å². The van der Waals surface area contributed by atoms with Crippen molar-refractivity contribution in [2.45, 2.75) is 44.6 Å². The summed E-state index contributed by atoms with van der Waals surface area (Å²) in [6.45, 7) is 0.387. The van der Waals surface area contributed by atoms with Crippen LogP contribution in [0.4, 0.5) is 5.69 Å². The molecule has 0 spiro atoms. The summed E-state index contributed by atoms with van der Waals surface area (Å²) in [5.74, 6) is 0.988. The molecule has 0 aromatic heterocycles. The van der Waals surface area contributed by atoms with E-state index >= 15 is 0 Å². The highest BCUT2D eigenvalue weighted by atomic mass is 16.5. The van der Waals surface area contributed by atoms with E-state index in [2.05, 4.69) is 0 Å². The van der Waals surface area contributed by atoms with Crippen LogP contribution in [0.3, 0.4) is 0 Å². The minimum absolute atomic E-state index is 0.0491. The van der Waals surface area contributed by atoms with Crippen molar-refractivity contribution in [1.29, 1.82) is 0 Å². The Hall–Kier alpha value is -2.24. The van der Waals surface area contributed by atoms with Crippen LogP contribution in [0.5, 0.6) is 11.5 Å². The van der Waals surface area contributed by atoms with Gasteiger partial charge < -0.3 is 19.3 Å². The van der Waals surface area contributed by atoms with Crippen LogP contribution < -0.4 is 14.4 Å². The predicted molar refractivity (Wildman–Crippen MR) is 99.6 cm³/mol. The maximum atomic E-state index is 12.9. The van der Waals surface area contributed by atoms with Crippen molar-refractivity contribution >= 4 is 17.5 Å². The first-order valence-electron chi connectivity index (χ1n) is 9.34. The molecule has 1 aliphatic heterocycles. The predicted octanol–water partition coefficient (Wildman–Crippen LogP) is 2.85. The van der Waals surface area contributed by atoms with Gasteiger partial charge in [-0.2, -0.15) is 0 Å². The first-order valence-corrected chi connectivity index (χ1v) is 9.34. The third-order valence-electron chi connectivity index (χ3n) is 5.62. The Morgan fingerprint density at radius 1 is 1.15 bits per heavy atom. The quantitative estimate of drug-likeness (QED) is 0.810. The molecular formula is C20H28N2O4. The van der Waals surface area contributed by atoms with Crippen LogP contribution >= 0.6 is 0 Å². The highest BCUT2D eigenvalue weighted by molar-refractivity contribution is 6.01. The smallest absolute Gasteiger partial charge is 0.228 e. The number of anilines is 1. The van der Waals surface area contributed by atoms with Crippen LogP contribution in [0.2, 0.25) is 0 Å². The van der Waals surface area contributed by atoms with Crippen molar-refractivity contribution in [3.8, 4) is 11.5 Å². The molecule has 0 N–H and O–H groups in total. The molecule has 0 bridgehead atoms. The minimum atomic E-state index is -0.301. The molecule has 1 aromatic carbocycles. The van der Waals surface area contributed by atoms with E-state index in [1.165, 1.54) is 19.3 Å². The Morgan fingerprint density at radius 2 is 1.88 bits per heavy atom. The molecule has 2 aliphatic rings. The summed E-state index contributed by atoms with van der Waals surface area (Å²) in [5.41, 5.74) is 0.660. The summed E-state index contributed by atoms with van der Waals surface area (Å²) in [6.07, 6.45) is 5.99. The maximum Gasteiger partial charge on any atom is 0.228 e. The fourth-order valence-corrected chi connectivity index (χ4v) is 4.05. The molecule has 0 radical (unpaired) electrons. The molecule has 1 atom stereocenters. The van der Waals surface area contributed by atoms with Gasteiger partial charge >= 0.3 is 0 Å². The van der Waals surface area contributed by atoms with Crippen molar-refractivity contribution in [1.82, 2.24) is 4.90 Å². The van der Waals surface area contributed by atoms with Crippen molar-refractivity contribution in [2.75, 3.05) is 32.7 Å². The lowest BCUT2D eigenvalue weighted by Crippen LogP contribution is -2.42. The van der Waals surface area contributed by atoms with E-state index in [4.69, 9.17) is 9.47 Å². The SMILES string of the molecule is COc1ccc(OC)c(N2CC(C(=O)N(C)C3CCCCC3)CC2=O)c1. The summed E-state index contributed by atoms with van der Waals surface area (Å²) in [7, 11) is 5.05. The lowest BCUT2D eigenvalue weighted by molar-refractivity contribution is -0.137. The van der Waals surface area contributed by atoms with E-state index < -0.39 is 0 Å². The fourth-order valence-electron chi connectivity index (χ4n) is 4.05. The lowest BCUT2D eigenvalue weighted by atomic mass is 9.93. The summed E-state index contributed by atoms with van der Waals surface area (Å²) in [6, 6.07) is 5.67. The number of carbonyl (C=O) groups is 2. The topological polar surface area (TPSA) is 59.1 Å². The molecule has 2 fully saturated rings.